The first-order valence-electron chi connectivity index (χ1n) is 8.59. The highest BCUT2D eigenvalue weighted by Gasteiger charge is 2.22. The third kappa shape index (κ3) is 2.92. The second-order valence-electron chi connectivity index (χ2n) is 6.47. The molecule has 0 saturated heterocycles. The molecule has 26 heavy (non-hydrogen) atoms. The van der Waals surface area contributed by atoms with Crippen molar-refractivity contribution in [2.45, 2.75) is 25.3 Å². The molecule has 3 aromatic heterocycles. The van der Waals surface area contributed by atoms with Gasteiger partial charge in [0, 0.05) is 36.6 Å². The Balaban J connectivity index is 1.75. The fourth-order valence-electron chi connectivity index (χ4n) is 3.48. The Morgan fingerprint density at radius 2 is 2.35 bits per heavy atom. The normalized spacial score (nSPS) is 17.1. The van der Waals surface area contributed by atoms with Gasteiger partial charge in [0.05, 0.1) is 17.3 Å². The van der Waals surface area contributed by atoms with Crippen LogP contribution in [0.15, 0.2) is 43.6 Å². The van der Waals surface area contributed by atoms with Gasteiger partial charge in [-0.05, 0) is 30.9 Å². The van der Waals surface area contributed by atoms with E-state index in [1.54, 1.807) is 11.0 Å². The molecule has 0 aliphatic heterocycles. The minimum Gasteiger partial charge on any atom is -0.349 e. The molecule has 0 radical (unpaired) electrons. The molecule has 2 N–H and O–H groups in total. The maximum absolute atomic E-state index is 11.6. The predicted octanol–water partition coefficient (Wildman–Crippen LogP) is 2.60. The second-order valence-corrected chi connectivity index (χ2v) is 6.47. The zero-order valence-corrected chi connectivity index (χ0v) is 14.6. The molecule has 1 amide bonds. The van der Waals surface area contributed by atoms with Crippen molar-refractivity contribution in [2.75, 3.05) is 0 Å². The summed E-state index contributed by atoms with van der Waals surface area (Å²) in [7, 11) is 1.90. The summed E-state index contributed by atoms with van der Waals surface area (Å²) in [5.74, 6) is -0.137. The van der Waals surface area contributed by atoms with Crippen LogP contribution in [0.25, 0.3) is 27.7 Å². The van der Waals surface area contributed by atoms with Gasteiger partial charge in [0.25, 0.3) is 0 Å². The van der Waals surface area contributed by atoms with Gasteiger partial charge in [-0.15, -0.1) is 0 Å². The Kier molecular flexibility index (Phi) is 4.12. The minimum atomic E-state index is -0.137. The SMILES string of the molecule is C=CC(=O)NC1CCC=C(c2ncnc3[nH]cc(-c4cnn(C)c4)c23)C1. The van der Waals surface area contributed by atoms with Crippen LogP contribution in [-0.2, 0) is 11.8 Å². The summed E-state index contributed by atoms with van der Waals surface area (Å²) in [5.41, 5.74) is 4.88. The van der Waals surface area contributed by atoms with Gasteiger partial charge in [0.1, 0.15) is 12.0 Å². The Morgan fingerprint density at radius 3 is 3.12 bits per heavy atom. The number of rotatable bonds is 4. The van der Waals surface area contributed by atoms with E-state index in [0.717, 1.165) is 52.7 Å². The number of aryl methyl sites for hydroxylation is 1. The van der Waals surface area contributed by atoms with Crippen LogP contribution < -0.4 is 5.32 Å². The Hall–Kier alpha value is -3.22. The summed E-state index contributed by atoms with van der Waals surface area (Å²) in [6.07, 6.45) is 13.4. The maximum Gasteiger partial charge on any atom is 0.243 e. The van der Waals surface area contributed by atoms with E-state index in [1.807, 2.05) is 25.6 Å². The molecule has 0 aromatic carbocycles. The summed E-state index contributed by atoms with van der Waals surface area (Å²) < 4.78 is 1.78. The summed E-state index contributed by atoms with van der Waals surface area (Å²) >= 11 is 0. The number of H-pyrrole nitrogens is 1. The quantitative estimate of drug-likeness (QED) is 0.709. The van der Waals surface area contributed by atoms with Gasteiger partial charge in [-0.1, -0.05) is 12.7 Å². The number of fused-ring (bicyclic) bond motifs is 1. The first-order valence-corrected chi connectivity index (χ1v) is 8.59. The van der Waals surface area contributed by atoms with E-state index in [1.165, 1.54) is 6.08 Å². The molecule has 132 valence electrons. The van der Waals surface area contributed by atoms with Crippen molar-refractivity contribution in [1.29, 1.82) is 0 Å². The van der Waals surface area contributed by atoms with Gasteiger partial charge < -0.3 is 10.3 Å². The standard InChI is InChI=1S/C19H20N6O/c1-3-16(26)24-14-6-4-5-12(7-14)18-17-15(13-8-23-25(2)10-13)9-20-19(17)22-11-21-18/h3,5,8-11,14H,1,4,6-7H2,2H3,(H,24,26)(H,20,21,22). The maximum atomic E-state index is 11.6. The molecule has 1 atom stereocenters. The number of aromatic nitrogens is 5. The molecule has 3 heterocycles. The number of nitrogens with zero attached hydrogens (tertiary/aromatic N) is 4. The van der Waals surface area contributed by atoms with E-state index in [0.29, 0.717) is 0 Å². The monoisotopic (exact) mass is 348 g/mol. The highest BCUT2D eigenvalue weighted by molar-refractivity contribution is 6.00. The van der Waals surface area contributed by atoms with Crippen molar-refractivity contribution < 1.29 is 4.79 Å². The van der Waals surface area contributed by atoms with Crippen LogP contribution in [0.5, 0.6) is 0 Å². The highest BCUT2D eigenvalue weighted by Crippen LogP contribution is 2.35. The number of nitrogens with one attached hydrogen (secondary N) is 2. The molecule has 1 aliphatic rings. The lowest BCUT2D eigenvalue weighted by atomic mass is 9.90. The average Bonchev–Trinajstić information content (AvgIpc) is 3.27. The largest absolute Gasteiger partial charge is 0.349 e. The topological polar surface area (TPSA) is 88.5 Å². The van der Waals surface area contributed by atoms with Crippen LogP contribution in [0, 0.1) is 0 Å². The Labute approximate surface area is 150 Å². The summed E-state index contributed by atoms with van der Waals surface area (Å²) in [4.78, 5) is 23.8. The zero-order chi connectivity index (χ0) is 18.1. The molecular weight excluding hydrogens is 328 g/mol. The molecule has 1 unspecified atom stereocenters. The van der Waals surface area contributed by atoms with E-state index in [9.17, 15) is 4.79 Å². The fourth-order valence-corrected chi connectivity index (χ4v) is 3.48. The van der Waals surface area contributed by atoms with E-state index in [-0.39, 0.29) is 11.9 Å². The van der Waals surface area contributed by atoms with Crippen LogP contribution in [0.3, 0.4) is 0 Å². The summed E-state index contributed by atoms with van der Waals surface area (Å²) in [5, 5.41) is 8.25. The smallest absolute Gasteiger partial charge is 0.243 e. The number of hydrogen-bond donors (Lipinski definition) is 2. The van der Waals surface area contributed by atoms with Gasteiger partial charge in [-0.3, -0.25) is 9.48 Å². The highest BCUT2D eigenvalue weighted by atomic mass is 16.1. The van der Waals surface area contributed by atoms with Gasteiger partial charge in [-0.2, -0.15) is 5.10 Å². The number of amides is 1. The van der Waals surface area contributed by atoms with Crippen LogP contribution in [0.2, 0.25) is 0 Å². The fraction of sp³-hybridized carbons (Fsp3) is 0.263. The van der Waals surface area contributed by atoms with Crippen molar-refractivity contribution in [3.8, 4) is 11.1 Å². The average molecular weight is 348 g/mol. The first kappa shape index (κ1) is 16.3. The van der Waals surface area contributed by atoms with E-state index in [4.69, 9.17) is 0 Å². The number of allylic oxidation sites excluding steroid dienone is 1. The summed E-state index contributed by atoms with van der Waals surface area (Å²) in [6.45, 7) is 3.53. The van der Waals surface area contributed by atoms with Crippen LogP contribution in [-0.4, -0.2) is 36.7 Å². The first-order chi connectivity index (χ1) is 12.7. The lowest BCUT2D eigenvalue weighted by molar-refractivity contribution is -0.117. The van der Waals surface area contributed by atoms with Gasteiger partial charge >= 0.3 is 0 Å². The van der Waals surface area contributed by atoms with Gasteiger partial charge in [-0.25, -0.2) is 9.97 Å². The van der Waals surface area contributed by atoms with Crippen molar-refractivity contribution in [3.05, 3.63) is 49.3 Å². The number of aromatic amines is 1. The van der Waals surface area contributed by atoms with Crippen LogP contribution >= 0.6 is 0 Å². The molecule has 0 fully saturated rings. The van der Waals surface area contributed by atoms with E-state index in [2.05, 4.69) is 38.0 Å². The lowest BCUT2D eigenvalue weighted by Gasteiger charge is -2.23. The molecule has 0 saturated carbocycles. The third-order valence-corrected chi connectivity index (χ3v) is 4.69. The van der Waals surface area contributed by atoms with Crippen LogP contribution in [0.1, 0.15) is 25.0 Å². The molecule has 4 rings (SSSR count). The molecule has 0 spiro atoms. The number of hydrogen-bond acceptors (Lipinski definition) is 4. The Morgan fingerprint density at radius 1 is 1.46 bits per heavy atom. The van der Waals surface area contributed by atoms with E-state index >= 15 is 0 Å². The van der Waals surface area contributed by atoms with Gasteiger partial charge in [0.15, 0.2) is 0 Å². The summed E-state index contributed by atoms with van der Waals surface area (Å²) in [6, 6.07) is 0.0892. The van der Waals surface area contributed by atoms with Crippen molar-refractivity contribution in [3.63, 3.8) is 0 Å². The second kappa shape index (κ2) is 6.59. The Bertz CT molecular complexity index is 1010. The van der Waals surface area contributed by atoms with Crippen molar-refractivity contribution in [1.82, 2.24) is 30.0 Å². The van der Waals surface area contributed by atoms with Crippen LogP contribution in [0.4, 0.5) is 0 Å². The molecular formula is C19H20N6O. The molecule has 7 nitrogen and oxygen atoms in total. The molecule has 0 bridgehead atoms. The molecule has 1 aliphatic carbocycles. The zero-order valence-electron chi connectivity index (χ0n) is 14.6. The van der Waals surface area contributed by atoms with Gasteiger partial charge in [0.2, 0.25) is 5.91 Å². The molecule has 3 aromatic rings. The molecule has 7 heteroatoms. The van der Waals surface area contributed by atoms with Crippen molar-refractivity contribution in [2.24, 2.45) is 7.05 Å². The van der Waals surface area contributed by atoms with E-state index < -0.39 is 0 Å². The third-order valence-electron chi connectivity index (χ3n) is 4.69. The lowest BCUT2D eigenvalue weighted by Crippen LogP contribution is -2.34. The number of carbonyl (C=O) groups is 1. The van der Waals surface area contributed by atoms with Crippen molar-refractivity contribution >= 4 is 22.5 Å². The minimum absolute atomic E-state index is 0.0892. The number of carbonyl (C=O) groups excluding carboxylic acids is 1. The predicted molar refractivity (Wildman–Crippen MR) is 100 cm³/mol.